The molecule has 0 amide bonds. The van der Waals surface area contributed by atoms with Gasteiger partial charge in [-0.05, 0) is 0 Å². The van der Waals surface area contributed by atoms with Crippen LogP contribution >= 0.6 is 0 Å². The molecule has 0 saturated heterocycles. The molecule has 0 aliphatic rings. The summed E-state index contributed by atoms with van der Waals surface area (Å²) in [5.41, 5.74) is 4.84. The maximum absolute atomic E-state index is 9.85. The topological polar surface area (TPSA) is 101 Å². The Balaban J connectivity index is 0. The molecule has 5 nitrogen and oxygen atoms in total. The van der Waals surface area contributed by atoms with Crippen LogP contribution in [-0.4, -0.2) is 65.9 Å². The first-order chi connectivity index (χ1) is 4.04. The van der Waals surface area contributed by atoms with E-state index >= 15 is 0 Å². The molecular formula is C4H9CaNO4. The molecule has 0 aromatic heterocycles. The van der Waals surface area contributed by atoms with Crippen LogP contribution in [0.25, 0.3) is 0 Å². The summed E-state index contributed by atoms with van der Waals surface area (Å²) >= 11 is 0. The van der Waals surface area contributed by atoms with Crippen LogP contribution in [0.3, 0.4) is 0 Å². The van der Waals surface area contributed by atoms with Crippen molar-refractivity contribution in [1.29, 1.82) is 0 Å². The van der Waals surface area contributed by atoms with Gasteiger partial charge in [-0.25, -0.2) is 0 Å². The molecule has 6 heteroatoms. The van der Waals surface area contributed by atoms with Crippen LogP contribution in [0.5, 0.6) is 0 Å². The third kappa shape index (κ3) is 6.28. The first-order valence-corrected chi connectivity index (χ1v) is 2.24. The van der Waals surface area contributed by atoms with E-state index in [1.165, 1.54) is 0 Å². The second kappa shape index (κ2) is 5.91. The molecule has 0 aromatic carbocycles. The van der Waals surface area contributed by atoms with Crippen molar-refractivity contribution in [2.24, 2.45) is 5.73 Å². The van der Waals surface area contributed by atoms with Gasteiger partial charge in [0.25, 0.3) is 0 Å². The van der Waals surface area contributed by atoms with Crippen LogP contribution in [0, 0.1) is 0 Å². The Bertz CT molecular complexity index is 137. The first kappa shape index (κ1) is 12.8. The van der Waals surface area contributed by atoms with Crippen LogP contribution < -0.4 is 5.73 Å². The number of rotatable bonds is 3. The van der Waals surface area contributed by atoms with Gasteiger partial charge in [-0.2, -0.15) is 0 Å². The van der Waals surface area contributed by atoms with Crippen molar-refractivity contribution in [2.45, 2.75) is 12.5 Å². The van der Waals surface area contributed by atoms with Crippen LogP contribution in [-0.2, 0) is 9.59 Å². The molecule has 10 heavy (non-hydrogen) atoms. The predicted molar refractivity (Wildman–Crippen MR) is 36.4 cm³/mol. The number of carboxylic acids is 2. The Morgan fingerprint density at radius 1 is 1.40 bits per heavy atom. The van der Waals surface area contributed by atoms with Crippen molar-refractivity contribution in [2.75, 3.05) is 0 Å². The molecule has 0 spiro atoms. The van der Waals surface area contributed by atoms with Crippen LogP contribution in [0.2, 0.25) is 0 Å². The fourth-order valence-electron chi connectivity index (χ4n) is 0.275. The van der Waals surface area contributed by atoms with Gasteiger partial charge in [0.15, 0.2) is 0 Å². The van der Waals surface area contributed by atoms with Crippen molar-refractivity contribution >= 4 is 49.7 Å². The van der Waals surface area contributed by atoms with Gasteiger partial charge in [0, 0.05) is 0 Å². The Hall–Kier alpha value is 0.160. The third-order valence-electron chi connectivity index (χ3n) is 0.712. The summed E-state index contributed by atoms with van der Waals surface area (Å²) < 4.78 is 0. The molecule has 0 rings (SSSR count). The summed E-state index contributed by atoms with van der Waals surface area (Å²) in [7, 11) is 0. The van der Waals surface area contributed by atoms with Crippen LogP contribution in [0.1, 0.15) is 6.42 Å². The SMILES string of the molecule is NC(CC(=O)O)C(=O)O.[CaH2]. The van der Waals surface area contributed by atoms with E-state index in [0.717, 1.165) is 0 Å². The molecule has 0 aliphatic heterocycles. The summed E-state index contributed by atoms with van der Waals surface area (Å²) in [6, 6.07) is -1.29. The number of aliphatic carboxylic acids is 2. The predicted octanol–water partition coefficient (Wildman–Crippen LogP) is -2.04. The summed E-state index contributed by atoms with van der Waals surface area (Å²) in [4.78, 5) is 19.6. The Morgan fingerprint density at radius 2 is 1.80 bits per heavy atom. The fraction of sp³-hybridized carbons (Fsp3) is 0.500. The van der Waals surface area contributed by atoms with E-state index in [9.17, 15) is 9.59 Å². The van der Waals surface area contributed by atoms with Gasteiger partial charge in [-0.1, -0.05) is 0 Å². The normalized spacial score (nSPS) is 11.3. The summed E-state index contributed by atoms with van der Waals surface area (Å²) in [5.74, 6) is -2.50. The summed E-state index contributed by atoms with van der Waals surface area (Å²) in [6.07, 6.45) is -0.532. The van der Waals surface area contributed by atoms with E-state index in [1.54, 1.807) is 0 Å². The molecule has 0 bridgehead atoms. The quantitative estimate of drug-likeness (QED) is 0.429. The van der Waals surface area contributed by atoms with E-state index in [-0.39, 0.29) is 37.7 Å². The maximum atomic E-state index is 9.85. The zero-order chi connectivity index (χ0) is 7.44. The second-order valence-electron chi connectivity index (χ2n) is 1.54. The number of nitrogens with two attached hydrogens (primary N) is 1. The minimum absolute atomic E-state index is 0. The number of hydrogen-bond acceptors (Lipinski definition) is 3. The Labute approximate surface area is 87.2 Å². The van der Waals surface area contributed by atoms with E-state index in [0.29, 0.717) is 0 Å². The van der Waals surface area contributed by atoms with E-state index < -0.39 is 24.4 Å². The molecule has 0 aliphatic carbocycles. The van der Waals surface area contributed by atoms with Gasteiger partial charge >= 0.3 is 49.7 Å². The molecule has 0 heterocycles. The van der Waals surface area contributed by atoms with Crippen molar-refractivity contribution in [3.8, 4) is 0 Å². The van der Waals surface area contributed by atoms with Gasteiger partial charge < -0.3 is 15.9 Å². The van der Waals surface area contributed by atoms with Crippen molar-refractivity contribution in [3.05, 3.63) is 0 Å². The van der Waals surface area contributed by atoms with E-state index in [4.69, 9.17) is 15.9 Å². The van der Waals surface area contributed by atoms with Crippen molar-refractivity contribution < 1.29 is 19.8 Å². The molecule has 0 radical (unpaired) electrons. The average molecular weight is 175 g/mol. The van der Waals surface area contributed by atoms with E-state index in [1.807, 2.05) is 0 Å². The van der Waals surface area contributed by atoms with Gasteiger partial charge in [0.1, 0.15) is 6.04 Å². The minimum atomic E-state index is -1.29. The second-order valence-corrected chi connectivity index (χ2v) is 1.54. The number of carbonyl (C=O) groups is 2. The molecule has 4 N–H and O–H groups in total. The number of hydrogen-bond donors (Lipinski definition) is 3. The molecule has 0 fully saturated rings. The third-order valence-corrected chi connectivity index (χ3v) is 0.712. The fourth-order valence-corrected chi connectivity index (χ4v) is 0.275. The molecule has 0 aromatic rings. The molecule has 1 atom stereocenters. The Morgan fingerprint density at radius 3 is 1.90 bits per heavy atom. The Kier molecular flexibility index (Phi) is 7.56. The van der Waals surface area contributed by atoms with Crippen LogP contribution in [0.4, 0.5) is 0 Å². The first-order valence-electron chi connectivity index (χ1n) is 2.24. The van der Waals surface area contributed by atoms with Gasteiger partial charge in [-0.3, -0.25) is 9.59 Å². The average Bonchev–Trinajstić information content (AvgIpc) is 1.63. The van der Waals surface area contributed by atoms with Crippen molar-refractivity contribution in [1.82, 2.24) is 0 Å². The summed E-state index contributed by atoms with van der Waals surface area (Å²) in [5, 5.41) is 16.0. The molecular weight excluding hydrogens is 166 g/mol. The van der Waals surface area contributed by atoms with Gasteiger partial charge in [0.2, 0.25) is 0 Å². The molecule has 1 unspecified atom stereocenters. The zero-order valence-corrected chi connectivity index (χ0v) is 4.57. The molecule has 0 saturated carbocycles. The van der Waals surface area contributed by atoms with Gasteiger partial charge in [0.05, 0.1) is 6.42 Å². The summed E-state index contributed by atoms with van der Waals surface area (Å²) in [6.45, 7) is 0. The van der Waals surface area contributed by atoms with Crippen molar-refractivity contribution in [3.63, 3.8) is 0 Å². The standard InChI is InChI=1S/C4H7NO4.Ca.2H/c5-2(4(8)9)1-3(6)7;;;/h2H,1,5H2,(H,6,7)(H,8,9);;;. The van der Waals surface area contributed by atoms with Gasteiger partial charge in [-0.15, -0.1) is 0 Å². The van der Waals surface area contributed by atoms with E-state index in [2.05, 4.69) is 0 Å². The zero-order valence-electron chi connectivity index (χ0n) is 4.57. The monoisotopic (exact) mass is 175 g/mol. The molecule has 56 valence electrons. The van der Waals surface area contributed by atoms with Crippen LogP contribution in [0.15, 0.2) is 0 Å². The number of carboxylic acid groups (broad SMARTS) is 2.